The van der Waals surface area contributed by atoms with Gasteiger partial charge in [0.05, 0.1) is 35.5 Å². The molecule has 0 unspecified atom stereocenters. The number of hydrogen-bond acceptors (Lipinski definition) is 7. The van der Waals surface area contributed by atoms with Gasteiger partial charge in [-0.15, -0.1) is 34.0 Å². The van der Waals surface area contributed by atoms with Gasteiger partial charge in [-0.3, -0.25) is 9.69 Å². The molecule has 0 bridgehead atoms. The van der Waals surface area contributed by atoms with Gasteiger partial charge >= 0.3 is 0 Å². The Morgan fingerprint density at radius 3 is 2.11 bits per heavy atom. The van der Waals surface area contributed by atoms with Gasteiger partial charge in [-0.1, -0.05) is 42.2 Å². The van der Waals surface area contributed by atoms with E-state index in [1.807, 2.05) is 34.3 Å². The van der Waals surface area contributed by atoms with Crippen molar-refractivity contribution in [1.82, 2.24) is 9.97 Å². The van der Waals surface area contributed by atoms with E-state index < -0.39 is 0 Å². The first kappa shape index (κ1) is 28.7. The molecule has 6 rings (SSSR count). The highest BCUT2D eigenvalue weighted by atomic mass is 35.5. The normalized spacial score (nSPS) is 9.77. The highest BCUT2D eigenvalue weighted by Gasteiger charge is 2.07. The van der Waals surface area contributed by atoms with Crippen LogP contribution < -0.4 is 4.73 Å². The van der Waals surface area contributed by atoms with Gasteiger partial charge in [0.25, 0.3) is 0 Å². The second-order valence-corrected chi connectivity index (χ2v) is 10.3. The Morgan fingerprint density at radius 2 is 1.46 bits per heavy atom. The zero-order valence-corrected chi connectivity index (χ0v) is 21.5. The Hall–Kier alpha value is -2.58. The van der Waals surface area contributed by atoms with E-state index in [-0.39, 0.29) is 13.6 Å². The number of thiophene rings is 3. The predicted molar refractivity (Wildman–Crippen MR) is 151 cm³/mol. The van der Waals surface area contributed by atoms with Gasteiger partial charge in [-0.05, 0) is 40.4 Å². The van der Waals surface area contributed by atoms with Crippen LogP contribution in [0.25, 0.3) is 30.6 Å². The smallest absolute Gasteiger partial charge is 0.236 e. The molecule has 0 saturated heterocycles. The average Bonchev–Trinajstić information content (AvgIpc) is 3.58. The molecule has 12 heteroatoms. The standard InChI is InChI=1S/C8H3ClN2S.C7H4ClNOS.C7H4ClNS.CH4.FH.H2/c9-6-3-5(4-10)11-7-1-2-12-8(6)7;8-5-1-3-9(10)6-2-4-11-7(5)6;8-5-1-3-9-6-2-4-10-7(5)6;;;/h1-3H;1-4H;1-4H;1H4;2*1H/i;;;;;1+1. The molecule has 6 heterocycles. The molecule has 0 aromatic carbocycles. The molecule has 35 heavy (non-hydrogen) atoms. The molecule has 0 saturated carbocycles. The summed E-state index contributed by atoms with van der Waals surface area (Å²) in [7, 11) is 0. The van der Waals surface area contributed by atoms with Crippen LogP contribution in [-0.2, 0) is 0 Å². The summed E-state index contributed by atoms with van der Waals surface area (Å²) in [6.45, 7) is 0. The largest absolute Gasteiger partial charge is 0.618 e. The van der Waals surface area contributed by atoms with Crippen molar-refractivity contribution in [2.45, 2.75) is 7.43 Å². The van der Waals surface area contributed by atoms with Gasteiger partial charge in [0.1, 0.15) is 16.5 Å². The van der Waals surface area contributed by atoms with E-state index in [0.29, 0.717) is 21.3 Å². The molecule has 0 aliphatic rings. The van der Waals surface area contributed by atoms with Crippen LogP contribution >= 0.6 is 68.8 Å². The van der Waals surface area contributed by atoms with E-state index >= 15 is 0 Å². The van der Waals surface area contributed by atoms with Crippen LogP contribution in [-0.4, -0.2) is 9.97 Å². The van der Waals surface area contributed by atoms with Gasteiger partial charge in [0, 0.05) is 19.8 Å². The van der Waals surface area contributed by atoms with E-state index in [1.54, 1.807) is 41.8 Å². The van der Waals surface area contributed by atoms with Crippen molar-refractivity contribution < 1.29 is 10.9 Å². The minimum Gasteiger partial charge on any atom is -0.618 e. The van der Waals surface area contributed by atoms with Gasteiger partial charge in [-0.2, -0.15) is 9.99 Å². The molecule has 6 aromatic rings. The Morgan fingerprint density at radius 1 is 0.857 bits per heavy atom. The van der Waals surface area contributed by atoms with Crippen LogP contribution in [0.1, 0.15) is 14.5 Å². The summed E-state index contributed by atoms with van der Waals surface area (Å²) in [5, 5.41) is 27.4. The van der Waals surface area contributed by atoms with E-state index in [1.165, 1.54) is 28.9 Å². The molecule has 0 N–H and O–H groups in total. The first-order chi connectivity index (χ1) is 16.0. The maximum absolute atomic E-state index is 11.1. The molecule has 0 aliphatic heterocycles. The van der Waals surface area contributed by atoms with Crippen LogP contribution in [0.2, 0.25) is 15.1 Å². The lowest BCUT2D eigenvalue weighted by Gasteiger charge is -1.96. The third-order valence-electron chi connectivity index (χ3n) is 4.23. The Bertz CT molecular complexity index is 1580. The van der Waals surface area contributed by atoms with E-state index in [2.05, 4.69) is 9.97 Å². The van der Waals surface area contributed by atoms with Crippen molar-refractivity contribution in [3.8, 4) is 6.07 Å². The van der Waals surface area contributed by atoms with Crippen molar-refractivity contribution in [1.29, 1.82) is 5.26 Å². The number of hydrogen-bond donors (Lipinski definition) is 0. The van der Waals surface area contributed by atoms with Crippen LogP contribution in [0.4, 0.5) is 4.70 Å². The van der Waals surface area contributed by atoms with Gasteiger partial charge in [-0.25, -0.2) is 4.98 Å². The maximum Gasteiger partial charge on any atom is 0.236 e. The lowest BCUT2D eigenvalue weighted by atomic mass is 10.3. The van der Waals surface area contributed by atoms with E-state index in [9.17, 15) is 5.21 Å². The zero-order valence-electron chi connectivity index (χ0n) is 16.8. The van der Waals surface area contributed by atoms with Crippen LogP contribution in [0.5, 0.6) is 0 Å². The van der Waals surface area contributed by atoms with Crippen LogP contribution in [0.15, 0.2) is 64.9 Å². The molecule has 6 aromatic heterocycles. The zero-order chi connectivity index (χ0) is 23.4. The molecule has 0 amide bonds. The first-order valence-corrected chi connectivity index (χ1v) is 12.9. The SMILES string of the molecule is C.Clc1ccnc2ccsc12.F.N#Cc1cc(Cl)c2sccc2n1.[2HH].[O-][n+]1ccc(Cl)c2sccc21. The third kappa shape index (κ3) is 6.55. The summed E-state index contributed by atoms with van der Waals surface area (Å²) >= 11 is 22.2. The monoisotopic (exact) mass is 587 g/mol. The van der Waals surface area contributed by atoms with Crippen LogP contribution in [0.3, 0.4) is 0 Å². The number of rotatable bonds is 0. The van der Waals surface area contributed by atoms with E-state index in [4.69, 9.17) is 40.1 Å². The number of nitrogens with zero attached hydrogens (tertiary/aromatic N) is 4. The topological polar surface area (TPSA) is 76.5 Å². The summed E-state index contributed by atoms with van der Waals surface area (Å²) in [4.78, 5) is 8.21. The molecule has 0 aliphatic carbocycles. The molecular weight excluding hydrogens is 570 g/mol. The fraction of sp³-hybridized carbons (Fsp3) is 0.0435. The van der Waals surface area contributed by atoms with Gasteiger partial charge in [0.15, 0.2) is 6.20 Å². The molecule has 5 nitrogen and oxygen atoms in total. The predicted octanol–water partition coefficient (Wildman–Crippen LogP) is 8.99. The summed E-state index contributed by atoms with van der Waals surface area (Å²) in [5.41, 5.74) is 2.79. The Balaban J connectivity index is 0.000000260. The molecule has 0 spiro atoms. The van der Waals surface area contributed by atoms with Crippen molar-refractivity contribution in [2.75, 3.05) is 0 Å². The molecular formula is C23H18Cl3FN4OS3. The number of nitriles is 1. The number of pyridine rings is 3. The first-order valence-electron chi connectivity index (χ1n) is 9.14. The quantitative estimate of drug-likeness (QED) is 0.131. The number of aromatic nitrogens is 3. The molecule has 0 fully saturated rings. The highest BCUT2D eigenvalue weighted by molar-refractivity contribution is 7.18. The Labute approximate surface area is 228 Å². The summed E-state index contributed by atoms with van der Waals surface area (Å²) < 4.78 is 3.68. The second-order valence-electron chi connectivity index (χ2n) is 6.29. The van der Waals surface area contributed by atoms with Gasteiger partial charge < -0.3 is 5.21 Å². The van der Waals surface area contributed by atoms with Crippen molar-refractivity contribution >= 4 is 99.5 Å². The lowest BCUT2D eigenvalue weighted by molar-refractivity contribution is -0.576. The third-order valence-corrected chi connectivity index (χ3v) is 8.31. The summed E-state index contributed by atoms with van der Waals surface area (Å²) in [6, 6.07) is 12.5. The average molecular weight is 589 g/mol. The maximum atomic E-state index is 11.1. The van der Waals surface area contributed by atoms with E-state index in [0.717, 1.165) is 34.9 Å². The molecule has 182 valence electrons. The van der Waals surface area contributed by atoms with Gasteiger partial charge in [0.2, 0.25) is 5.52 Å². The minimum absolute atomic E-state index is 0. The molecule has 0 radical (unpaired) electrons. The fourth-order valence-corrected chi connectivity index (χ4v) is 5.95. The summed E-state index contributed by atoms with van der Waals surface area (Å²) in [5.74, 6) is 0. The van der Waals surface area contributed by atoms with Crippen LogP contribution in [0, 0.1) is 16.5 Å². The molecule has 0 atom stereocenters. The second kappa shape index (κ2) is 12.9. The Kier molecular flexibility index (Phi) is 10.6. The number of halogens is 4. The van der Waals surface area contributed by atoms with Crippen molar-refractivity contribution in [3.05, 3.63) is 90.9 Å². The number of fused-ring (bicyclic) bond motifs is 3. The van der Waals surface area contributed by atoms with Crippen molar-refractivity contribution in [2.24, 2.45) is 0 Å². The summed E-state index contributed by atoms with van der Waals surface area (Å²) in [6.07, 6.45) is 3.13. The minimum atomic E-state index is 0. The lowest BCUT2D eigenvalue weighted by Crippen LogP contribution is -2.24. The van der Waals surface area contributed by atoms with Crippen molar-refractivity contribution in [3.63, 3.8) is 0 Å². The highest BCUT2D eigenvalue weighted by Crippen LogP contribution is 2.28. The fourth-order valence-electron chi connectivity index (χ4n) is 2.76.